The van der Waals surface area contributed by atoms with Crippen molar-refractivity contribution < 1.29 is 4.79 Å². The van der Waals surface area contributed by atoms with Gasteiger partial charge in [0.15, 0.2) is 0 Å². The van der Waals surface area contributed by atoms with Crippen molar-refractivity contribution in [3.05, 3.63) is 0 Å². The molecule has 0 bridgehead atoms. The topological polar surface area (TPSA) is 32.3 Å². The Labute approximate surface area is 108 Å². The van der Waals surface area contributed by atoms with Crippen LogP contribution in [0.2, 0.25) is 0 Å². The lowest BCUT2D eigenvalue weighted by Gasteiger charge is -2.39. The minimum absolute atomic E-state index is 0. The highest BCUT2D eigenvalue weighted by atomic mass is 35.5. The van der Waals surface area contributed by atoms with E-state index in [4.69, 9.17) is 0 Å². The Balaban J connectivity index is 0.00000128. The first kappa shape index (κ1) is 14.1. The Hall–Kier alpha value is 0.0700. The molecule has 1 N–H and O–H groups in total. The highest BCUT2D eigenvalue weighted by molar-refractivity contribution is 7.99. The van der Waals surface area contributed by atoms with Gasteiger partial charge in [-0.25, -0.2) is 0 Å². The van der Waals surface area contributed by atoms with E-state index in [9.17, 15) is 4.79 Å². The average molecular weight is 265 g/mol. The van der Waals surface area contributed by atoms with Crippen LogP contribution in [0.5, 0.6) is 0 Å². The van der Waals surface area contributed by atoms with Crippen LogP contribution in [0.4, 0.5) is 0 Å². The molecule has 2 aliphatic heterocycles. The molecule has 0 aromatic carbocycles. The molecule has 0 aliphatic carbocycles. The van der Waals surface area contributed by atoms with Crippen LogP contribution >= 0.6 is 24.2 Å². The lowest BCUT2D eigenvalue weighted by atomic mass is 9.84. The Morgan fingerprint density at radius 2 is 2.25 bits per heavy atom. The quantitative estimate of drug-likeness (QED) is 0.783. The summed E-state index contributed by atoms with van der Waals surface area (Å²) in [6, 6.07) is 0.0731. The van der Waals surface area contributed by atoms with Crippen LogP contribution in [0.1, 0.15) is 26.7 Å². The Bertz CT molecular complexity index is 254. The van der Waals surface area contributed by atoms with Crippen molar-refractivity contribution in [2.24, 2.45) is 5.41 Å². The summed E-state index contributed by atoms with van der Waals surface area (Å²) < 4.78 is 0. The molecule has 1 unspecified atom stereocenters. The van der Waals surface area contributed by atoms with E-state index in [1.54, 1.807) is 0 Å². The number of rotatable bonds is 1. The molecule has 0 aromatic heterocycles. The monoisotopic (exact) mass is 264 g/mol. The molecule has 0 saturated carbocycles. The summed E-state index contributed by atoms with van der Waals surface area (Å²) >= 11 is 1.82. The van der Waals surface area contributed by atoms with Crippen molar-refractivity contribution in [3.63, 3.8) is 0 Å². The van der Waals surface area contributed by atoms with Gasteiger partial charge in [0, 0.05) is 24.7 Å². The lowest BCUT2D eigenvalue weighted by Crippen LogP contribution is -2.50. The third-order valence-corrected chi connectivity index (χ3v) is 4.17. The molecule has 5 heteroatoms. The Kier molecular flexibility index (Phi) is 4.95. The number of nitrogens with one attached hydrogen (secondary N) is 1. The largest absolute Gasteiger partial charge is 0.341 e. The number of hydrogen-bond acceptors (Lipinski definition) is 3. The van der Waals surface area contributed by atoms with Crippen LogP contribution in [-0.2, 0) is 4.79 Å². The smallest absolute Gasteiger partial charge is 0.240 e. The summed E-state index contributed by atoms with van der Waals surface area (Å²) in [7, 11) is 0. The second-order valence-electron chi connectivity index (χ2n) is 5.30. The molecular formula is C11H21ClN2OS. The van der Waals surface area contributed by atoms with Crippen molar-refractivity contribution in [1.82, 2.24) is 10.2 Å². The van der Waals surface area contributed by atoms with Crippen LogP contribution in [-0.4, -0.2) is 41.6 Å². The number of hydrogen-bond donors (Lipinski definition) is 1. The fourth-order valence-corrected chi connectivity index (χ4v) is 3.32. The highest BCUT2D eigenvalue weighted by Crippen LogP contribution is 2.29. The zero-order chi connectivity index (χ0) is 10.9. The van der Waals surface area contributed by atoms with Gasteiger partial charge in [-0.3, -0.25) is 10.1 Å². The predicted octanol–water partition coefficient (Wildman–Crippen LogP) is 1.72. The molecule has 0 radical (unpaired) electrons. The summed E-state index contributed by atoms with van der Waals surface area (Å²) in [6.45, 7) is 6.38. The van der Waals surface area contributed by atoms with Gasteiger partial charge in [-0.1, -0.05) is 13.8 Å². The number of carbonyl (C=O) groups excluding carboxylic acids is 1. The fraction of sp³-hybridized carbons (Fsp3) is 0.909. The van der Waals surface area contributed by atoms with Gasteiger partial charge in [-0.2, -0.15) is 0 Å². The van der Waals surface area contributed by atoms with Gasteiger partial charge in [0.1, 0.15) is 0 Å². The number of thioether (sulfide) groups is 1. The van der Waals surface area contributed by atoms with E-state index in [1.807, 2.05) is 16.7 Å². The number of amides is 1. The van der Waals surface area contributed by atoms with Gasteiger partial charge < -0.3 is 4.90 Å². The van der Waals surface area contributed by atoms with Gasteiger partial charge >= 0.3 is 0 Å². The second-order valence-corrected chi connectivity index (χ2v) is 6.33. The number of carbonyl (C=O) groups is 1. The van der Waals surface area contributed by atoms with Crippen LogP contribution in [0.25, 0.3) is 0 Å². The summed E-state index contributed by atoms with van der Waals surface area (Å²) in [6.07, 6.45) is 2.39. The molecule has 1 amide bonds. The third kappa shape index (κ3) is 3.28. The van der Waals surface area contributed by atoms with E-state index in [-0.39, 0.29) is 18.4 Å². The Morgan fingerprint density at radius 1 is 1.50 bits per heavy atom. The van der Waals surface area contributed by atoms with E-state index < -0.39 is 0 Å². The van der Waals surface area contributed by atoms with Gasteiger partial charge in [-0.05, 0) is 18.3 Å². The zero-order valence-corrected chi connectivity index (χ0v) is 11.6. The summed E-state index contributed by atoms with van der Waals surface area (Å²) in [4.78, 5) is 14.2. The normalized spacial score (nSPS) is 28.6. The maximum Gasteiger partial charge on any atom is 0.240 e. The molecule has 0 spiro atoms. The Morgan fingerprint density at radius 3 is 2.81 bits per heavy atom. The highest BCUT2D eigenvalue weighted by Gasteiger charge is 2.33. The van der Waals surface area contributed by atoms with Crippen molar-refractivity contribution in [3.8, 4) is 0 Å². The SMILES string of the molecule is CC1(C)CCCN(C(=O)C2CSCN2)C1.Cl. The van der Waals surface area contributed by atoms with Crippen LogP contribution in [0, 0.1) is 5.41 Å². The molecule has 2 fully saturated rings. The molecule has 0 aromatic rings. The predicted molar refractivity (Wildman–Crippen MR) is 71.1 cm³/mol. The molecule has 2 aliphatic rings. The minimum atomic E-state index is 0. The molecule has 2 saturated heterocycles. The molecule has 3 nitrogen and oxygen atoms in total. The summed E-state index contributed by atoms with van der Waals surface area (Å²) in [5.41, 5.74) is 0.305. The molecule has 1 atom stereocenters. The van der Waals surface area contributed by atoms with Gasteiger partial charge in [0.2, 0.25) is 5.91 Å². The van der Waals surface area contributed by atoms with Crippen molar-refractivity contribution >= 4 is 30.1 Å². The number of likely N-dealkylation sites (tertiary alicyclic amines) is 1. The number of piperidine rings is 1. The second kappa shape index (κ2) is 5.61. The van der Waals surface area contributed by atoms with E-state index in [1.165, 1.54) is 6.42 Å². The summed E-state index contributed by atoms with van der Waals surface area (Å²) in [5.74, 6) is 2.18. The zero-order valence-electron chi connectivity index (χ0n) is 9.99. The van der Waals surface area contributed by atoms with E-state index in [0.717, 1.165) is 31.1 Å². The lowest BCUT2D eigenvalue weighted by molar-refractivity contribution is -0.135. The molecule has 94 valence electrons. The van der Waals surface area contributed by atoms with Crippen LogP contribution in [0.15, 0.2) is 0 Å². The average Bonchev–Trinajstić information content (AvgIpc) is 2.67. The number of halogens is 1. The molecule has 16 heavy (non-hydrogen) atoms. The van der Waals surface area contributed by atoms with Crippen molar-refractivity contribution in [2.45, 2.75) is 32.7 Å². The van der Waals surface area contributed by atoms with Gasteiger partial charge in [-0.15, -0.1) is 24.2 Å². The minimum Gasteiger partial charge on any atom is -0.341 e. The third-order valence-electron chi connectivity index (χ3n) is 3.23. The fourth-order valence-electron chi connectivity index (χ4n) is 2.39. The van der Waals surface area contributed by atoms with Crippen LogP contribution in [0.3, 0.4) is 0 Å². The maximum atomic E-state index is 12.1. The molecule has 2 heterocycles. The molecular weight excluding hydrogens is 244 g/mol. The van der Waals surface area contributed by atoms with Gasteiger partial charge in [0.05, 0.1) is 6.04 Å². The summed E-state index contributed by atoms with van der Waals surface area (Å²) in [5, 5.41) is 3.25. The first-order chi connectivity index (χ1) is 7.08. The van der Waals surface area contributed by atoms with E-state index in [0.29, 0.717) is 11.3 Å². The molecule has 2 rings (SSSR count). The van der Waals surface area contributed by atoms with E-state index >= 15 is 0 Å². The van der Waals surface area contributed by atoms with Crippen molar-refractivity contribution in [2.75, 3.05) is 24.7 Å². The van der Waals surface area contributed by atoms with Crippen molar-refractivity contribution in [1.29, 1.82) is 0 Å². The number of nitrogens with zero attached hydrogens (tertiary/aromatic N) is 1. The van der Waals surface area contributed by atoms with E-state index in [2.05, 4.69) is 19.2 Å². The van der Waals surface area contributed by atoms with Crippen LogP contribution < -0.4 is 5.32 Å². The first-order valence-electron chi connectivity index (χ1n) is 5.68. The first-order valence-corrected chi connectivity index (χ1v) is 6.84. The van der Waals surface area contributed by atoms with Gasteiger partial charge in [0.25, 0.3) is 0 Å². The standard InChI is InChI=1S/C11H20N2OS.ClH/c1-11(2)4-3-5-13(7-11)10(14)9-6-15-8-12-9;/h9,12H,3-8H2,1-2H3;1H. The maximum absolute atomic E-state index is 12.1.